The normalized spacial score (nSPS) is 11.2. The SMILES string of the molecule is CCNc1csc(-c2cc(NCCn3c(C)cc4c(C)cc(F)cc43)ncn2)c1. The van der Waals surface area contributed by atoms with E-state index in [0.717, 1.165) is 57.3 Å². The van der Waals surface area contributed by atoms with Crippen molar-refractivity contribution in [2.45, 2.75) is 27.3 Å². The number of benzene rings is 1. The molecule has 0 amide bonds. The summed E-state index contributed by atoms with van der Waals surface area (Å²) in [5.74, 6) is 0.584. The van der Waals surface area contributed by atoms with Gasteiger partial charge in [-0.05, 0) is 50.6 Å². The number of thiophene rings is 1. The molecule has 4 aromatic rings. The fourth-order valence-electron chi connectivity index (χ4n) is 3.57. The Morgan fingerprint density at radius 3 is 2.76 bits per heavy atom. The van der Waals surface area contributed by atoms with Crippen molar-refractivity contribution in [2.24, 2.45) is 0 Å². The number of fused-ring (bicyclic) bond motifs is 1. The Labute approximate surface area is 173 Å². The van der Waals surface area contributed by atoms with E-state index in [1.807, 2.05) is 13.0 Å². The van der Waals surface area contributed by atoms with Crippen molar-refractivity contribution in [3.8, 4) is 10.6 Å². The molecule has 3 heterocycles. The number of halogens is 1. The molecule has 5 nitrogen and oxygen atoms in total. The zero-order valence-corrected chi connectivity index (χ0v) is 17.6. The zero-order valence-electron chi connectivity index (χ0n) is 16.8. The van der Waals surface area contributed by atoms with Gasteiger partial charge in [-0.2, -0.15) is 0 Å². The fourth-order valence-corrected chi connectivity index (χ4v) is 4.41. The third kappa shape index (κ3) is 4.10. The van der Waals surface area contributed by atoms with Crippen molar-refractivity contribution in [1.29, 1.82) is 0 Å². The molecule has 3 aromatic heterocycles. The summed E-state index contributed by atoms with van der Waals surface area (Å²) in [6, 6.07) is 9.37. The summed E-state index contributed by atoms with van der Waals surface area (Å²) in [6.07, 6.45) is 1.58. The summed E-state index contributed by atoms with van der Waals surface area (Å²) >= 11 is 1.66. The zero-order chi connectivity index (χ0) is 20.4. The van der Waals surface area contributed by atoms with E-state index in [0.29, 0.717) is 6.54 Å². The summed E-state index contributed by atoms with van der Waals surface area (Å²) in [5, 5.41) is 9.87. The first-order valence-corrected chi connectivity index (χ1v) is 10.6. The summed E-state index contributed by atoms with van der Waals surface area (Å²) in [4.78, 5) is 9.84. The van der Waals surface area contributed by atoms with Crippen molar-refractivity contribution in [3.63, 3.8) is 0 Å². The minimum Gasteiger partial charge on any atom is -0.385 e. The number of nitrogens with zero attached hydrogens (tertiary/aromatic N) is 3. The topological polar surface area (TPSA) is 54.8 Å². The van der Waals surface area contributed by atoms with Crippen LogP contribution in [0.3, 0.4) is 0 Å². The highest BCUT2D eigenvalue weighted by Gasteiger charge is 2.10. The van der Waals surface area contributed by atoms with Gasteiger partial charge in [0.2, 0.25) is 0 Å². The van der Waals surface area contributed by atoms with Crippen molar-refractivity contribution < 1.29 is 4.39 Å². The second kappa shape index (κ2) is 8.21. The van der Waals surface area contributed by atoms with Crippen LogP contribution in [0.2, 0.25) is 0 Å². The minimum atomic E-state index is -0.198. The lowest BCUT2D eigenvalue weighted by atomic mass is 10.1. The third-order valence-electron chi connectivity index (χ3n) is 4.94. The summed E-state index contributed by atoms with van der Waals surface area (Å²) in [7, 11) is 0. The second-order valence-electron chi connectivity index (χ2n) is 7.04. The van der Waals surface area contributed by atoms with Crippen LogP contribution >= 0.6 is 11.3 Å². The van der Waals surface area contributed by atoms with Gasteiger partial charge >= 0.3 is 0 Å². The Kier molecular flexibility index (Phi) is 5.49. The van der Waals surface area contributed by atoms with Gasteiger partial charge in [0.15, 0.2) is 0 Å². The molecule has 29 heavy (non-hydrogen) atoms. The van der Waals surface area contributed by atoms with Gasteiger partial charge in [-0.25, -0.2) is 14.4 Å². The molecular weight excluding hydrogens is 385 g/mol. The van der Waals surface area contributed by atoms with Crippen LogP contribution < -0.4 is 10.6 Å². The summed E-state index contributed by atoms with van der Waals surface area (Å²) in [6.45, 7) is 8.38. The first-order chi connectivity index (χ1) is 14.0. The number of hydrogen-bond acceptors (Lipinski definition) is 5. The maximum atomic E-state index is 13.9. The van der Waals surface area contributed by atoms with E-state index in [1.54, 1.807) is 29.8 Å². The number of hydrogen-bond donors (Lipinski definition) is 2. The van der Waals surface area contributed by atoms with Crippen LogP contribution in [0.5, 0.6) is 0 Å². The highest BCUT2D eigenvalue weighted by Crippen LogP contribution is 2.29. The molecule has 0 fully saturated rings. The molecule has 0 aliphatic rings. The van der Waals surface area contributed by atoms with Gasteiger partial charge in [0.1, 0.15) is 18.0 Å². The van der Waals surface area contributed by atoms with Gasteiger partial charge in [0.05, 0.1) is 16.1 Å². The van der Waals surface area contributed by atoms with Crippen LogP contribution in [0.25, 0.3) is 21.5 Å². The Bertz CT molecular complexity index is 1150. The molecule has 0 aliphatic heterocycles. The molecular formula is C22H24FN5S. The van der Waals surface area contributed by atoms with E-state index in [4.69, 9.17) is 0 Å². The highest BCUT2D eigenvalue weighted by molar-refractivity contribution is 7.14. The number of aromatic nitrogens is 3. The monoisotopic (exact) mass is 409 g/mol. The Morgan fingerprint density at radius 2 is 1.93 bits per heavy atom. The summed E-state index contributed by atoms with van der Waals surface area (Å²) < 4.78 is 16.0. The maximum absolute atomic E-state index is 13.9. The van der Waals surface area contributed by atoms with Crippen LogP contribution in [0.15, 0.2) is 42.0 Å². The van der Waals surface area contributed by atoms with Gasteiger partial charge in [-0.15, -0.1) is 11.3 Å². The molecule has 0 aliphatic carbocycles. The lowest BCUT2D eigenvalue weighted by molar-refractivity contribution is 0.626. The standard InChI is InChI=1S/C22H24FN5S/c1-4-24-17-10-21(29-12-17)19-11-22(27-13-26-19)25-5-6-28-15(3)8-18-14(2)7-16(23)9-20(18)28/h7-13,24H,4-6H2,1-3H3,(H,25,26,27). The average molecular weight is 410 g/mol. The number of anilines is 2. The van der Waals surface area contributed by atoms with Crippen molar-refractivity contribution in [2.75, 3.05) is 23.7 Å². The van der Waals surface area contributed by atoms with Gasteiger partial charge in [-0.3, -0.25) is 0 Å². The predicted octanol–water partition coefficient (Wildman–Crippen LogP) is 5.46. The Balaban J connectivity index is 1.48. The van der Waals surface area contributed by atoms with Crippen molar-refractivity contribution in [3.05, 3.63) is 59.1 Å². The lowest BCUT2D eigenvalue weighted by Crippen LogP contribution is -2.12. The molecule has 0 spiro atoms. The van der Waals surface area contributed by atoms with Crippen LogP contribution in [0, 0.1) is 19.7 Å². The third-order valence-corrected chi connectivity index (χ3v) is 5.89. The van der Waals surface area contributed by atoms with Crippen molar-refractivity contribution in [1.82, 2.24) is 14.5 Å². The number of rotatable bonds is 7. The maximum Gasteiger partial charge on any atom is 0.130 e. The average Bonchev–Trinajstić information content (AvgIpc) is 3.28. The molecule has 150 valence electrons. The van der Waals surface area contributed by atoms with E-state index in [2.05, 4.69) is 56.5 Å². The molecule has 0 radical (unpaired) electrons. The number of nitrogens with one attached hydrogen (secondary N) is 2. The molecule has 0 saturated heterocycles. The smallest absolute Gasteiger partial charge is 0.130 e. The van der Waals surface area contributed by atoms with E-state index < -0.39 is 0 Å². The van der Waals surface area contributed by atoms with Crippen molar-refractivity contribution >= 4 is 33.7 Å². The first kappa shape index (κ1) is 19.4. The van der Waals surface area contributed by atoms with Crippen LogP contribution in [-0.4, -0.2) is 27.6 Å². The van der Waals surface area contributed by atoms with Crippen LogP contribution in [-0.2, 0) is 6.54 Å². The van der Waals surface area contributed by atoms with Crippen LogP contribution in [0.1, 0.15) is 18.2 Å². The highest BCUT2D eigenvalue weighted by atomic mass is 32.1. The molecule has 2 N–H and O–H groups in total. The molecule has 0 saturated carbocycles. The van der Waals surface area contributed by atoms with E-state index in [9.17, 15) is 4.39 Å². The second-order valence-corrected chi connectivity index (χ2v) is 7.95. The lowest BCUT2D eigenvalue weighted by Gasteiger charge is -2.11. The van der Waals surface area contributed by atoms with E-state index in [1.165, 1.54) is 0 Å². The van der Waals surface area contributed by atoms with Gasteiger partial charge in [0, 0.05) is 47.8 Å². The number of aryl methyl sites for hydroxylation is 2. The Morgan fingerprint density at radius 1 is 1.07 bits per heavy atom. The van der Waals surface area contributed by atoms with E-state index in [-0.39, 0.29) is 5.82 Å². The molecule has 0 unspecified atom stereocenters. The van der Waals surface area contributed by atoms with Gasteiger partial charge < -0.3 is 15.2 Å². The molecule has 0 atom stereocenters. The minimum absolute atomic E-state index is 0.198. The molecule has 1 aromatic carbocycles. The van der Waals surface area contributed by atoms with E-state index >= 15 is 0 Å². The van der Waals surface area contributed by atoms with Crippen LogP contribution in [0.4, 0.5) is 15.9 Å². The largest absolute Gasteiger partial charge is 0.385 e. The van der Waals surface area contributed by atoms with Gasteiger partial charge in [0.25, 0.3) is 0 Å². The molecule has 4 rings (SSSR count). The Hall–Kier alpha value is -2.93. The fraction of sp³-hybridized carbons (Fsp3) is 0.273. The summed E-state index contributed by atoms with van der Waals surface area (Å²) in [5.41, 5.74) is 5.02. The quantitative estimate of drug-likeness (QED) is 0.426. The predicted molar refractivity (Wildman–Crippen MR) is 119 cm³/mol. The van der Waals surface area contributed by atoms with Gasteiger partial charge in [-0.1, -0.05) is 0 Å². The molecule has 0 bridgehead atoms. The molecule has 7 heteroatoms. The first-order valence-electron chi connectivity index (χ1n) is 9.70.